The Morgan fingerprint density at radius 3 is 2.19 bits per heavy atom. The Bertz CT molecular complexity index is 516. The minimum atomic E-state index is -0.897. The first-order chi connectivity index (χ1) is 12.3. The van der Waals surface area contributed by atoms with Gasteiger partial charge in [0.1, 0.15) is 5.60 Å². The number of carbonyl (C=O) groups is 1. The molecule has 0 aromatic heterocycles. The topological polar surface area (TPSA) is 61.8 Å². The molecule has 2 aliphatic rings. The van der Waals surface area contributed by atoms with E-state index in [9.17, 15) is 9.90 Å². The molecule has 5 nitrogen and oxygen atoms in total. The number of ether oxygens (including phenoxy) is 1. The molecule has 0 saturated carbocycles. The quantitative estimate of drug-likeness (QED) is 0.854. The lowest BCUT2D eigenvalue weighted by Gasteiger charge is -2.43. The summed E-state index contributed by atoms with van der Waals surface area (Å²) in [6.07, 6.45) is 3.52. The molecule has 1 aromatic rings. The van der Waals surface area contributed by atoms with Gasteiger partial charge >= 0.3 is 6.09 Å². The number of carbonyl (C=O) groups excluding carboxylic acids is 1. The van der Waals surface area contributed by atoms with Crippen molar-refractivity contribution in [2.75, 3.05) is 26.7 Å². The number of benzene rings is 1. The molecule has 1 aromatic carbocycles. The monoisotopic (exact) mass is 364 g/mol. The van der Waals surface area contributed by atoms with Crippen molar-refractivity contribution in [1.29, 1.82) is 0 Å². The third kappa shape index (κ3) is 6.96. The van der Waals surface area contributed by atoms with E-state index in [4.69, 9.17) is 4.74 Å². The lowest BCUT2D eigenvalue weighted by molar-refractivity contribution is -0.0930. The van der Waals surface area contributed by atoms with Gasteiger partial charge in [-0.15, -0.1) is 0 Å². The Morgan fingerprint density at radius 2 is 1.77 bits per heavy atom. The predicted molar refractivity (Wildman–Crippen MR) is 106 cm³/mol. The predicted octanol–water partition coefficient (Wildman–Crippen LogP) is 3.91. The molecule has 0 bridgehead atoms. The molecule has 148 valence electrons. The van der Waals surface area contributed by atoms with Crippen LogP contribution in [0.25, 0.3) is 0 Å². The van der Waals surface area contributed by atoms with Crippen LogP contribution in [0.1, 0.15) is 58.9 Å². The minimum absolute atomic E-state index is 0.334. The Balaban J connectivity index is 0.000000408. The zero-order valence-corrected chi connectivity index (χ0v) is 17.0. The van der Waals surface area contributed by atoms with Gasteiger partial charge in [0.05, 0.1) is 5.60 Å². The Hall–Kier alpha value is -1.59. The number of amides is 1. The summed E-state index contributed by atoms with van der Waals surface area (Å²) >= 11 is 0. The zero-order chi connectivity index (χ0) is 19.6. The van der Waals surface area contributed by atoms with Gasteiger partial charge in [0, 0.05) is 26.4 Å². The molecule has 2 heterocycles. The van der Waals surface area contributed by atoms with Crippen molar-refractivity contribution in [3.05, 3.63) is 35.9 Å². The van der Waals surface area contributed by atoms with Crippen LogP contribution >= 0.6 is 0 Å². The van der Waals surface area contributed by atoms with E-state index in [1.54, 1.807) is 25.8 Å². The summed E-state index contributed by atoms with van der Waals surface area (Å²) in [5, 5.41) is 13.4. The highest BCUT2D eigenvalue weighted by Crippen LogP contribution is 2.40. The molecule has 1 amide bonds. The number of aliphatic hydroxyl groups is 1. The SMILES string of the molecule is C1CCNC1.CC.CN1CCC(CC(C)(C)O)(c2ccccc2)OC1=O. The fraction of sp³-hybridized carbons (Fsp3) is 0.667. The van der Waals surface area contributed by atoms with Gasteiger partial charge in [-0.2, -0.15) is 0 Å². The summed E-state index contributed by atoms with van der Waals surface area (Å²) in [7, 11) is 1.72. The molecule has 0 radical (unpaired) electrons. The van der Waals surface area contributed by atoms with Crippen LogP contribution in [0.4, 0.5) is 4.79 Å². The van der Waals surface area contributed by atoms with Crippen molar-refractivity contribution >= 4 is 6.09 Å². The number of hydrogen-bond donors (Lipinski definition) is 2. The molecule has 0 spiro atoms. The summed E-state index contributed by atoms with van der Waals surface area (Å²) in [5.74, 6) is 0. The van der Waals surface area contributed by atoms with E-state index in [0.717, 1.165) is 5.56 Å². The van der Waals surface area contributed by atoms with Gasteiger partial charge in [-0.25, -0.2) is 4.79 Å². The highest BCUT2D eigenvalue weighted by molar-refractivity contribution is 5.69. The van der Waals surface area contributed by atoms with Crippen molar-refractivity contribution < 1.29 is 14.6 Å². The largest absolute Gasteiger partial charge is 0.438 e. The molecular formula is C21H36N2O3. The van der Waals surface area contributed by atoms with E-state index >= 15 is 0 Å². The van der Waals surface area contributed by atoms with Gasteiger partial charge in [0.25, 0.3) is 0 Å². The van der Waals surface area contributed by atoms with Gasteiger partial charge in [0.2, 0.25) is 0 Å². The van der Waals surface area contributed by atoms with E-state index in [0.29, 0.717) is 19.4 Å². The van der Waals surface area contributed by atoms with Crippen molar-refractivity contribution in [3.63, 3.8) is 0 Å². The van der Waals surface area contributed by atoms with Crippen LogP contribution in [-0.2, 0) is 10.3 Å². The Labute approximate surface area is 158 Å². The first-order valence-electron chi connectivity index (χ1n) is 9.75. The average Bonchev–Trinajstić information content (AvgIpc) is 3.20. The van der Waals surface area contributed by atoms with Gasteiger partial charge in [-0.1, -0.05) is 44.2 Å². The second-order valence-corrected chi connectivity index (χ2v) is 7.35. The van der Waals surface area contributed by atoms with E-state index < -0.39 is 11.2 Å². The second kappa shape index (κ2) is 10.5. The normalized spacial score (nSPS) is 22.5. The lowest BCUT2D eigenvalue weighted by Crippen LogP contribution is -2.49. The van der Waals surface area contributed by atoms with Crippen LogP contribution < -0.4 is 5.32 Å². The van der Waals surface area contributed by atoms with Crippen molar-refractivity contribution in [1.82, 2.24) is 10.2 Å². The van der Waals surface area contributed by atoms with Crippen molar-refractivity contribution in [2.24, 2.45) is 0 Å². The summed E-state index contributed by atoms with van der Waals surface area (Å²) in [4.78, 5) is 13.5. The molecule has 5 heteroatoms. The molecule has 2 aliphatic heterocycles. The average molecular weight is 365 g/mol. The number of nitrogens with one attached hydrogen (secondary N) is 1. The fourth-order valence-corrected chi connectivity index (χ4v) is 3.23. The van der Waals surface area contributed by atoms with Crippen molar-refractivity contribution in [3.8, 4) is 0 Å². The van der Waals surface area contributed by atoms with Gasteiger partial charge < -0.3 is 20.1 Å². The van der Waals surface area contributed by atoms with E-state index in [2.05, 4.69) is 5.32 Å². The third-order valence-electron chi connectivity index (χ3n) is 4.42. The van der Waals surface area contributed by atoms with Crippen LogP contribution in [-0.4, -0.2) is 48.4 Å². The van der Waals surface area contributed by atoms with E-state index in [1.165, 1.54) is 25.9 Å². The van der Waals surface area contributed by atoms with Crippen LogP contribution in [0, 0.1) is 0 Å². The second-order valence-electron chi connectivity index (χ2n) is 7.35. The number of cyclic esters (lactones) is 1. The molecule has 2 N–H and O–H groups in total. The Kier molecular flexibility index (Phi) is 9.09. The molecule has 26 heavy (non-hydrogen) atoms. The summed E-state index contributed by atoms with van der Waals surface area (Å²) < 4.78 is 5.68. The fourth-order valence-electron chi connectivity index (χ4n) is 3.23. The smallest absolute Gasteiger partial charge is 0.410 e. The maximum Gasteiger partial charge on any atom is 0.410 e. The first kappa shape index (κ1) is 22.5. The molecule has 1 atom stereocenters. The molecule has 3 rings (SSSR count). The van der Waals surface area contributed by atoms with Crippen LogP contribution in [0.15, 0.2) is 30.3 Å². The molecule has 2 saturated heterocycles. The standard InChI is InChI=1S/C15H21NO3.C4H9N.C2H6/c1-14(2,18)11-15(12-7-5-4-6-8-12)9-10-16(3)13(17)19-15;1-2-4-5-3-1;1-2/h4-8,18H,9-11H2,1-3H3;5H,1-4H2;1-2H3. The molecular weight excluding hydrogens is 328 g/mol. The number of hydrogen-bond acceptors (Lipinski definition) is 4. The van der Waals surface area contributed by atoms with Crippen molar-refractivity contribution in [2.45, 2.75) is 64.6 Å². The van der Waals surface area contributed by atoms with Crippen LogP contribution in [0.3, 0.4) is 0 Å². The highest BCUT2D eigenvalue weighted by atomic mass is 16.6. The van der Waals surface area contributed by atoms with E-state index in [1.807, 2.05) is 44.2 Å². The third-order valence-corrected chi connectivity index (χ3v) is 4.42. The molecule has 0 aliphatic carbocycles. The maximum atomic E-state index is 11.9. The summed E-state index contributed by atoms with van der Waals surface area (Å²) in [6.45, 7) is 10.6. The van der Waals surface area contributed by atoms with Crippen LogP contribution in [0.2, 0.25) is 0 Å². The molecule has 2 fully saturated rings. The van der Waals surface area contributed by atoms with Gasteiger partial charge in [-0.05, 0) is 45.3 Å². The lowest BCUT2D eigenvalue weighted by atomic mass is 9.80. The number of rotatable bonds is 3. The van der Waals surface area contributed by atoms with Gasteiger partial charge in [-0.3, -0.25) is 0 Å². The first-order valence-corrected chi connectivity index (χ1v) is 9.75. The van der Waals surface area contributed by atoms with Crippen LogP contribution in [0.5, 0.6) is 0 Å². The van der Waals surface area contributed by atoms with E-state index in [-0.39, 0.29) is 6.09 Å². The summed E-state index contributed by atoms with van der Waals surface area (Å²) in [5.41, 5.74) is -0.687. The zero-order valence-electron chi connectivity index (χ0n) is 17.0. The highest BCUT2D eigenvalue weighted by Gasteiger charge is 2.44. The van der Waals surface area contributed by atoms with Gasteiger partial charge in [0.15, 0.2) is 0 Å². The maximum absolute atomic E-state index is 11.9. The minimum Gasteiger partial charge on any atom is -0.438 e. The summed E-state index contributed by atoms with van der Waals surface area (Å²) in [6, 6.07) is 9.67. The number of nitrogens with zero attached hydrogens (tertiary/aromatic N) is 1. The Morgan fingerprint density at radius 1 is 1.19 bits per heavy atom. The molecule has 1 unspecified atom stereocenters.